The van der Waals surface area contributed by atoms with Crippen molar-refractivity contribution in [2.45, 2.75) is 18.8 Å². The van der Waals surface area contributed by atoms with E-state index in [1.54, 1.807) is 6.26 Å². The summed E-state index contributed by atoms with van der Waals surface area (Å²) in [4.78, 5) is 11.2. The van der Waals surface area contributed by atoms with Crippen molar-refractivity contribution in [1.82, 2.24) is 0 Å². The third-order valence-corrected chi connectivity index (χ3v) is 2.42. The molecule has 0 unspecified atom stereocenters. The number of ketones is 1. The van der Waals surface area contributed by atoms with Crippen molar-refractivity contribution in [2.24, 2.45) is 0 Å². The second-order valence-corrected chi connectivity index (χ2v) is 3.66. The second kappa shape index (κ2) is 3.38. The fourth-order valence-corrected chi connectivity index (χ4v) is 1.88. The number of carbonyl (C=O) groups excluding carboxylic acids is 1. The molecule has 3 heteroatoms. The van der Waals surface area contributed by atoms with Crippen LogP contribution in [0.3, 0.4) is 0 Å². The fourth-order valence-electron chi connectivity index (χ4n) is 1.57. The lowest BCUT2D eigenvalue weighted by Gasteiger charge is -2.16. The molecular weight excluding hydrogens is 188 g/mol. The first-order valence-electron chi connectivity index (χ1n) is 4.18. The normalized spacial score (nSPS) is 23.0. The van der Waals surface area contributed by atoms with E-state index in [0.29, 0.717) is 17.9 Å². The fraction of sp³-hybridized carbons (Fsp3) is 0.300. The van der Waals surface area contributed by atoms with Gasteiger partial charge in [-0.2, -0.15) is 0 Å². The molecule has 13 heavy (non-hydrogen) atoms. The number of hydrogen-bond acceptors (Lipinski definition) is 2. The third-order valence-electron chi connectivity index (χ3n) is 2.15. The quantitative estimate of drug-likeness (QED) is 0.692. The van der Waals surface area contributed by atoms with Gasteiger partial charge in [0.05, 0.1) is 6.26 Å². The number of allylic oxidation sites excluding steroid dienone is 2. The molecule has 0 saturated heterocycles. The van der Waals surface area contributed by atoms with Crippen LogP contribution >= 0.6 is 11.6 Å². The molecule has 0 amide bonds. The van der Waals surface area contributed by atoms with Gasteiger partial charge in [0.1, 0.15) is 5.76 Å². The molecule has 0 radical (unpaired) electrons. The van der Waals surface area contributed by atoms with Gasteiger partial charge in [-0.05, 0) is 24.6 Å². The van der Waals surface area contributed by atoms with E-state index in [1.807, 2.05) is 12.1 Å². The molecule has 0 spiro atoms. The van der Waals surface area contributed by atoms with E-state index in [2.05, 4.69) is 0 Å². The molecule has 0 bridgehead atoms. The molecule has 1 aliphatic carbocycles. The summed E-state index contributed by atoms with van der Waals surface area (Å²) in [5, 5.41) is 0.623. The topological polar surface area (TPSA) is 30.2 Å². The standard InChI is InChI=1S/C10H9ClO2/c11-8-4-7(5-9(12)6-8)10-2-1-3-13-10/h1-3,6-7H,4-5H2/t7-/m0/s1. The van der Waals surface area contributed by atoms with Crippen LogP contribution < -0.4 is 0 Å². The Morgan fingerprint density at radius 2 is 2.31 bits per heavy atom. The summed E-state index contributed by atoms with van der Waals surface area (Å²) in [6.07, 6.45) is 4.33. The molecule has 1 aromatic heterocycles. The Balaban J connectivity index is 2.20. The molecule has 0 aromatic carbocycles. The van der Waals surface area contributed by atoms with Crippen molar-refractivity contribution in [1.29, 1.82) is 0 Å². The second-order valence-electron chi connectivity index (χ2n) is 3.18. The molecule has 0 aliphatic heterocycles. The Morgan fingerprint density at radius 1 is 1.46 bits per heavy atom. The predicted molar refractivity (Wildman–Crippen MR) is 49.6 cm³/mol. The van der Waals surface area contributed by atoms with Crippen molar-refractivity contribution in [2.75, 3.05) is 0 Å². The minimum Gasteiger partial charge on any atom is -0.469 e. The molecule has 0 fully saturated rings. The number of halogens is 1. The van der Waals surface area contributed by atoms with E-state index in [1.165, 1.54) is 6.08 Å². The minimum atomic E-state index is 0.0812. The molecule has 2 nitrogen and oxygen atoms in total. The van der Waals surface area contributed by atoms with Gasteiger partial charge in [0, 0.05) is 17.4 Å². The molecular formula is C10H9ClO2. The monoisotopic (exact) mass is 196 g/mol. The van der Waals surface area contributed by atoms with Crippen LogP contribution in [0.2, 0.25) is 0 Å². The maximum Gasteiger partial charge on any atom is 0.157 e. The van der Waals surface area contributed by atoms with Gasteiger partial charge in [-0.25, -0.2) is 0 Å². The van der Waals surface area contributed by atoms with E-state index in [9.17, 15) is 4.79 Å². The minimum absolute atomic E-state index is 0.0812. The van der Waals surface area contributed by atoms with E-state index in [4.69, 9.17) is 16.0 Å². The van der Waals surface area contributed by atoms with Gasteiger partial charge in [0.15, 0.2) is 5.78 Å². The Labute approximate surface area is 81.2 Å². The van der Waals surface area contributed by atoms with Gasteiger partial charge in [-0.15, -0.1) is 0 Å². The summed E-state index contributed by atoms with van der Waals surface area (Å²) < 4.78 is 5.23. The summed E-state index contributed by atoms with van der Waals surface area (Å²) >= 11 is 5.82. The molecule has 0 N–H and O–H groups in total. The first-order valence-corrected chi connectivity index (χ1v) is 4.56. The number of furan rings is 1. The van der Waals surface area contributed by atoms with Gasteiger partial charge in [-0.3, -0.25) is 4.79 Å². The van der Waals surface area contributed by atoms with E-state index in [-0.39, 0.29) is 11.7 Å². The summed E-state index contributed by atoms with van der Waals surface area (Å²) in [5.41, 5.74) is 0. The van der Waals surface area contributed by atoms with Crippen molar-refractivity contribution < 1.29 is 9.21 Å². The largest absolute Gasteiger partial charge is 0.469 e. The number of hydrogen-bond donors (Lipinski definition) is 0. The molecule has 1 heterocycles. The Hall–Kier alpha value is -1.02. The lowest BCUT2D eigenvalue weighted by Crippen LogP contribution is -2.10. The predicted octanol–water partition coefficient (Wildman–Crippen LogP) is 2.85. The summed E-state index contributed by atoms with van der Waals surface area (Å²) in [7, 11) is 0. The van der Waals surface area contributed by atoms with Crippen LogP contribution in [0.25, 0.3) is 0 Å². The molecule has 1 atom stereocenters. The van der Waals surface area contributed by atoms with Gasteiger partial charge >= 0.3 is 0 Å². The van der Waals surface area contributed by atoms with Crippen molar-refractivity contribution in [3.05, 3.63) is 35.3 Å². The average molecular weight is 197 g/mol. The van der Waals surface area contributed by atoms with E-state index in [0.717, 1.165) is 5.76 Å². The van der Waals surface area contributed by atoms with Gasteiger partial charge in [0.25, 0.3) is 0 Å². The highest BCUT2D eigenvalue weighted by Crippen LogP contribution is 2.32. The first-order chi connectivity index (χ1) is 6.25. The lowest BCUT2D eigenvalue weighted by atomic mass is 9.91. The zero-order chi connectivity index (χ0) is 9.26. The summed E-state index contributed by atoms with van der Waals surface area (Å²) in [5.74, 6) is 1.05. The highest BCUT2D eigenvalue weighted by atomic mass is 35.5. The summed E-state index contributed by atoms with van der Waals surface area (Å²) in [6, 6.07) is 3.71. The number of rotatable bonds is 1. The van der Waals surface area contributed by atoms with E-state index < -0.39 is 0 Å². The smallest absolute Gasteiger partial charge is 0.157 e. The Bertz CT molecular complexity index is 338. The van der Waals surface area contributed by atoms with Crippen LogP contribution in [0.15, 0.2) is 33.9 Å². The van der Waals surface area contributed by atoms with Crippen LogP contribution in [-0.4, -0.2) is 5.78 Å². The van der Waals surface area contributed by atoms with Gasteiger partial charge in [-0.1, -0.05) is 11.6 Å². The van der Waals surface area contributed by atoms with Crippen LogP contribution in [-0.2, 0) is 4.79 Å². The highest BCUT2D eigenvalue weighted by molar-refractivity contribution is 6.31. The zero-order valence-corrected chi connectivity index (χ0v) is 7.75. The van der Waals surface area contributed by atoms with E-state index >= 15 is 0 Å². The molecule has 68 valence electrons. The average Bonchev–Trinajstić information content (AvgIpc) is 2.53. The van der Waals surface area contributed by atoms with Gasteiger partial charge in [0.2, 0.25) is 0 Å². The molecule has 1 aromatic rings. The Kier molecular flexibility index (Phi) is 2.23. The summed E-state index contributed by atoms with van der Waals surface area (Å²) in [6.45, 7) is 0. The van der Waals surface area contributed by atoms with Crippen LogP contribution in [0.4, 0.5) is 0 Å². The highest BCUT2D eigenvalue weighted by Gasteiger charge is 2.22. The third kappa shape index (κ3) is 1.83. The zero-order valence-electron chi connectivity index (χ0n) is 7.00. The first kappa shape index (κ1) is 8.57. The molecule has 2 rings (SSSR count). The van der Waals surface area contributed by atoms with Crippen molar-refractivity contribution in [3.63, 3.8) is 0 Å². The maximum absolute atomic E-state index is 11.2. The SMILES string of the molecule is O=C1C=C(Cl)C[C@H](c2ccco2)C1. The molecule has 1 aliphatic rings. The Morgan fingerprint density at radius 3 is 2.92 bits per heavy atom. The molecule has 0 saturated carbocycles. The van der Waals surface area contributed by atoms with Crippen molar-refractivity contribution in [3.8, 4) is 0 Å². The van der Waals surface area contributed by atoms with Crippen LogP contribution in [0.1, 0.15) is 24.5 Å². The van der Waals surface area contributed by atoms with Crippen LogP contribution in [0, 0.1) is 0 Å². The lowest BCUT2D eigenvalue weighted by molar-refractivity contribution is -0.115. The van der Waals surface area contributed by atoms with Crippen LogP contribution in [0.5, 0.6) is 0 Å². The number of carbonyl (C=O) groups is 1. The van der Waals surface area contributed by atoms with Gasteiger partial charge < -0.3 is 4.42 Å². The van der Waals surface area contributed by atoms with Crippen molar-refractivity contribution >= 4 is 17.4 Å². The maximum atomic E-state index is 11.2.